The summed E-state index contributed by atoms with van der Waals surface area (Å²) in [4.78, 5) is 15.7. The molecule has 0 radical (unpaired) electrons. The summed E-state index contributed by atoms with van der Waals surface area (Å²) in [7, 11) is 1.39. The zero-order valence-electron chi connectivity index (χ0n) is 9.19. The van der Waals surface area contributed by atoms with E-state index < -0.39 is 6.04 Å². The third-order valence-corrected chi connectivity index (χ3v) is 2.85. The fourth-order valence-corrected chi connectivity index (χ4v) is 1.74. The Morgan fingerprint density at radius 2 is 2.47 bits per heavy atom. The van der Waals surface area contributed by atoms with Gasteiger partial charge in [-0.3, -0.25) is 5.32 Å². The highest BCUT2D eigenvalue weighted by atomic mass is 32.1. The highest BCUT2D eigenvalue weighted by Gasteiger charge is 2.24. The first-order valence-electron chi connectivity index (χ1n) is 4.91. The van der Waals surface area contributed by atoms with E-state index in [0.29, 0.717) is 0 Å². The summed E-state index contributed by atoms with van der Waals surface area (Å²) in [6.07, 6.45) is 0.956. The zero-order valence-corrected chi connectivity index (χ0v) is 10.0. The van der Waals surface area contributed by atoms with E-state index in [1.807, 2.05) is 12.3 Å². The molecule has 0 bridgehead atoms. The van der Waals surface area contributed by atoms with Crippen LogP contribution >= 0.6 is 11.3 Å². The largest absolute Gasteiger partial charge is 0.468 e. The number of nitrogens with zero attached hydrogens (tertiary/aromatic N) is 1. The van der Waals surface area contributed by atoms with Crippen molar-refractivity contribution in [1.29, 1.82) is 0 Å². The first-order valence-corrected chi connectivity index (χ1v) is 5.85. The molecular weight excluding hydrogens is 212 g/mol. The molecule has 0 aliphatic heterocycles. The molecule has 1 rings (SSSR count). The number of nitrogens with one attached hydrogen (secondary N) is 1. The van der Waals surface area contributed by atoms with Gasteiger partial charge in [0.25, 0.3) is 0 Å². The fourth-order valence-electron chi connectivity index (χ4n) is 1.16. The maximum atomic E-state index is 11.5. The number of hydrogen-bond acceptors (Lipinski definition) is 5. The topological polar surface area (TPSA) is 51.2 Å². The number of rotatable bonds is 5. The van der Waals surface area contributed by atoms with Gasteiger partial charge in [0.1, 0.15) is 6.04 Å². The van der Waals surface area contributed by atoms with Crippen molar-refractivity contribution in [2.24, 2.45) is 0 Å². The predicted octanol–water partition coefficient (Wildman–Crippen LogP) is 1.75. The van der Waals surface area contributed by atoms with Gasteiger partial charge in [0.2, 0.25) is 0 Å². The Kier molecular flexibility index (Phi) is 4.71. The van der Waals surface area contributed by atoms with E-state index in [2.05, 4.69) is 17.2 Å². The van der Waals surface area contributed by atoms with Crippen LogP contribution in [0.4, 0.5) is 0 Å². The molecule has 0 aliphatic carbocycles. The Hall–Kier alpha value is -0.940. The van der Waals surface area contributed by atoms with E-state index in [0.717, 1.165) is 12.1 Å². The van der Waals surface area contributed by atoms with Gasteiger partial charge in [-0.05, 0) is 13.3 Å². The molecule has 0 aromatic carbocycles. The second-order valence-electron chi connectivity index (χ2n) is 3.35. The number of carbonyl (C=O) groups is 1. The van der Waals surface area contributed by atoms with Crippen LogP contribution < -0.4 is 5.32 Å². The molecule has 0 amide bonds. The minimum absolute atomic E-state index is 0.260. The van der Waals surface area contributed by atoms with Crippen molar-refractivity contribution in [2.45, 2.75) is 32.4 Å². The summed E-state index contributed by atoms with van der Waals surface area (Å²) in [6.45, 7) is 4.09. The minimum Gasteiger partial charge on any atom is -0.468 e. The molecule has 15 heavy (non-hydrogen) atoms. The van der Waals surface area contributed by atoms with Gasteiger partial charge in [0, 0.05) is 11.4 Å². The second kappa shape index (κ2) is 5.82. The van der Waals surface area contributed by atoms with Crippen LogP contribution in [-0.2, 0) is 9.53 Å². The number of aromatic nitrogens is 1. The lowest BCUT2D eigenvalue weighted by Crippen LogP contribution is -2.35. The van der Waals surface area contributed by atoms with Gasteiger partial charge in [-0.15, -0.1) is 11.3 Å². The summed E-state index contributed by atoms with van der Waals surface area (Å²) < 4.78 is 4.74. The van der Waals surface area contributed by atoms with Crippen LogP contribution in [0.1, 0.15) is 32.0 Å². The third kappa shape index (κ3) is 3.28. The molecular formula is C10H16N2O2S. The quantitative estimate of drug-likeness (QED) is 0.780. The molecule has 1 aromatic rings. The molecule has 2 unspecified atom stereocenters. The van der Waals surface area contributed by atoms with Gasteiger partial charge in [-0.25, -0.2) is 9.78 Å². The van der Waals surface area contributed by atoms with Crippen LogP contribution in [0.25, 0.3) is 0 Å². The number of carbonyl (C=O) groups excluding carboxylic acids is 1. The molecule has 5 heteroatoms. The lowest BCUT2D eigenvalue weighted by Gasteiger charge is -2.18. The molecule has 1 heterocycles. The number of hydrogen-bond donors (Lipinski definition) is 1. The Bertz CT molecular complexity index is 300. The van der Waals surface area contributed by atoms with Crippen LogP contribution in [0.5, 0.6) is 0 Å². The maximum absolute atomic E-state index is 11.5. The average molecular weight is 228 g/mol. The van der Waals surface area contributed by atoms with Gasteiger partial charge < -0.3 is 4.74 Å². The van der Waals surface area contributed by atoms with E-state index in [4.69, 9.17) is 4.74 Å². The lowest BCUT2D eigenvalue weighted by atomic mass is 10.1. The predicted molar refractivity (Wildman–Crippen MR) is 59.8 cm³/mol. The molecule has 0 saturated carbocycles. The molecule has 2 atom stereocenters. The normalized spacial score (nSPS) is 14.6. The van der Waals surface area contributed by atoms with Crippen LogP contribution in [-0.4, -0.2) is 24.1 Å². The molecule has 1 N–H and O–H groups in total. The van der Waals surface area contributed by atoms with Gasteiger partial charge in [0.05, 0.1) is 18.3 Å². The number of thiazole rings is 1. The molecule has 0 spiro atoms. The Labute approximate surface area is 93.7 Å². The Morgan fingerprint density at radius 1 is 1.73 bits per heavy atom. The van der Waals surface area contributed by atoms with Crippen molar-refractivity contribution >= 4 is 17.3 Å². The molecule has 0 fully saturated rings. The first kappa shape index (κ1) is 12.1. The summed E-state index contributed by atoms with van der Waals surface area (Å²) in [5.41, 5.74) is 2.44. The fraction of sp³-hybridized carbons (Fsp3) is 0.600. The molecule has 0 saturated heterocycles. The van der Waals surface area contributed by atoms with E-state index in [-0.39, 0.29) is 12.0 Å². The summed E-state index contributed by atoms with van der Waals surface area (Å²) in [6, 6.07) is -0.188. The minimum atomic E-state index is -0.448. The van der Waals surface area contributed by atoms with Crippen molar-refractivity contribution in [2.75, 3.05) is 7.11 Å². The van der Waals surface area contributed by atoms with Crippen LogP contribution in [0, 0.1) is 0 Å². The van der Waals surface area contributed by atoms with Crippen molar-refractivity contribution in [1.82, 2.24) is 10.3 Å². The van der Waals surface area contributed by atoms with Crippen molar-refractivity contribution in [3.8, 4) is 0 Å². The van der Waals surface area contributed by atoms with Gasteiger partial charge in [0.15, 0.2) is 0 Å². The maximum Gasteiger partial charge on any atom is 0.329 e. The second-order valence-corrected chi connectivity index (χ2v) is 4.06. The van der Waals surface area contributed by atoms with Gasteiger partial charge in [-0.1, -0.05) is 6.92 Å². The van der Waals surface area contributed by atoms with Gasteiger partial charge >= 0.3 is 5.97 Å². The molecule has 4 nitrogen and oxygen atoms in total. The first-order chi connectivity index (χ1) is 7.19. The van der Waals surface area contributed by atoms with E-state index in [1.54, 1.807) is 5.51 Å². The Balaban J connectivity index is 2.75. The average Bonchev–Trinajstić information content (AvgIpc) is 2.77. The lowest BCUT2D eigenvalue weighted by molar-refractivity contribution is -0.143. The van der Waals surface area contributed by atoms with E-state index >= 15 is 0 Å². The van der Waals surface area contributed by atoms with Crippen molar-refractivity contribution in [3.63, 3.8) is 0 Å². The molecule has 0 aliphatic rings. The highest BCUT2D eigenvalue weighted by Crippen LogP contribution is 2.15. The number of methoxy groups -OCH3 is 1. The number of ether oxygens (including phenoxy) is 1. The Morgan fingerprint density at radius 3 is 2.93 bits per heavy atom. The third-order valence-electron chi connectivity index (χ3n) is 2.25. The highest BCUT2D eigenvalue weighted by molar-refractivity contribution is 7.07. The van der Waals surface area contributed by atoms with Crippen LogP contribution in [0.15, 0.2) is 10.9 Å². The monoisotopic (exact) mass is 228 g/mol. The van der Waals surface area contributed by atoms with Crippen LogP contribution in [0.2, 0.25) is 0 Å². The standard InChI is InChI=1S/C10H16N2O2S/c1-4-7(2)12-9(10(13)14-3)8-5-15-6-11-8/h5-7,9,12H,4H2,1-3H3. The summed E-state index contributed by atoms with van der Waals surface area (Å²) in [5.74, 6) is -0.291. The van der Waals surface area contributed by atoms with Crippen molar-refractivity contribution in [3.05, 3.63) is 16.6 Å². The number of esters is 1. The zero-order chi connectivity index (χ0) is 11.3. The van der Waals surface area contributed by atoms with Gasteiger partial charge in [-0.2, -0.15) is 0 Å². The van der Waals surface area contributed by atoms with E-state index in [1.165, 1.54) is 18.4 Å². The summed E-state index contributed by atoms with van der Waals surface area (Å²) in [5, 5.41) is 5.05. The van der Waals surface area contributed by atoms with Crippen molar-refractivity contribution < 1.29 is 9.53 Å². The molecule has 84 valence electrons. The van der Waals surface area contributed by atoms with Crippen LogP contribution in [0.3, 0.4) is 0 Å². The molecule has 1 aromatic heterocycles. The smallest absolute Gasteiger partial charge is 0.329 e. The summed E-state index contributed by atoms with van der Waals surface area (Å²) >= 11 is 1.47. The SMILES string of the molecule is CCC(C)NC(C(=O)OC)c1cscn1. The van der Waals surface area contributed by atoms with E-state index in [9.17, 15) is 4.79 Å².